The zero-order valence-corrected chi connectivity index (χ0v) is 22.2. The van der Waals surface area contributed by atoms with Gasteiger partial charge in [0.05, 0.1) is 12.2 Å². The molecule has 0 bridgehead atoms. The van der Waals surface area contributed by atoms with E-state index in [0.717, 1.165) is 6.42 Å². The third-order valence-corrected chi connectivity index (χ3v) is 15.6. The van der Waals surface area contributed by atoms with E-state index in [1.54, 1.807) is 0 Å². The van der Waals surface area contributed by atoms with Gasteiger partial charge in [0.25, 0.3) is 0 Å². The molecule has 0 fully saturated rings. The maximum Gasteiger partial charge on any atom is 0.192 e. The van der Waals surface area contributed by atoms with Crippen LogP contribution in [0.5, 0.6) is 0 Å². The fraction of sp³-hybridized carbons (Fsp3) is 0.826. The standard InChI is InChI=1S/C23H46O3Si2/c1-13-16-21(26-28(11,12)23(6,7)8)19(17-15-18-24)20(14-2)25-27(9,10)22(3,4)5/h1,14,19-21,24H,2,15-18H2,3-12H3/t19-,20-,21+/m0/s1. The summed E-state index contributed by atoms with van der Waals surface area (Å²) < 4.78 is 13.5. The topological polar surface area (TPSA) is 38.7 Å². The lowest BCUT2D eigenvalue weighted by atomic mass is 9.89. The fourth-order valence-electron chi connectivity index (χ4n) is 2.67. The number of terminal acetylenes is 1. The Morgan fingerprint density at radius 3 is 1.82 bits per heavy atom. The van der Waals surface area contributed by atoms with Gasteiger partial charge >= 0.3 is 0 Å². The summed E-state index contributed by atoms with van der Waals surface area (Å²) in [6.45, 7) is 26.7. The van der Waals surface area contributed by atoms with E-state index in [9.17, 15) is 5.11 Å². The normalized spacial score (nSPS) is 16.9. The van der Waals surface area contributed by atoms with Crippen molar-refractivity contribution in [3.8, 4) is 12.3 Å². The maximum absolute atomic E-state index is 9.47. The summed E-state index contributed by atoms with van der Waals surface area (Å²) in [5.74, 6) is 2.91. The van der Waals surface area contributed by atoms with Crippen LogP contribution in [0.1, 0.15) is 60.8 Å². The van der Waals surface area contributed by atoms with Crippen molar-refractivity contribution in [3.63, 3.8) is 0 Å². The summed E-state index contributed by atoms with van der Waals surface area (Å²) in [5, 5.41) is 9.69. The first kappa shape index (κ1) is 27.6. The molecule has 0 heterocycles. The monoisotopic (exact) mass is 426 g/mol. The van der Waals surface area contributed by atoms with E-state index in [2.05, 4.69) is 80.2 Å². The molecule has 0 aliphatic rings. The minimum atomic E-state index is -2.00. The average molecular weight is 427 g/mol. The van der Waals surface area contributed by atoms with Crippen LogP contribution in [0.4, 0.5) is 0 Å². The molecule has 0 aromatic rings. The Kier molecular flexibility index (Phi) is 10.4. The lowest BCUT2D eigenvalue weighted by molar-refractivity contribution is 0.0419. The number of aliphatic hydroxyl groups excluding tert-OH is 1. The van der Waals surface area contributed by atoms with E-state index in [1.165, 1.54) is 0 Å². The maximum atomic E-state index is 9.47. The van der Waals surface area contributed by atoms with Crippen LogP contribution in [0.25, 0.3) is 0 Å². The van der Waals surface area contributed by atoms with Crippen molar-refractivity contribution in [3.05, 3.63) is 12.7 Å². The number of rotatable bonds is 11. The largest absolute Gasteiger partial charge is 0.413 e. The molecule has 1 N–H and O–H groups in total. The molecule has 0 saturated heterocycles. The number of hydrogen-bond donors (Lipinski definition) is 1. The molecule has 0 rings (SSSR count). The van der Waals surface area contributed by atoms with Crippen LogP contribution in [0.2, 0.25) is 36.3 Å². The smallest absolute Gasteiger partial charge is 0.192 e. The van der Waals surface area contributed by atoms with E-state index in [4.69, 9.17) is 15.3 Å². The van der Waals surface area contributed by atoms with Crippen molar-refractivity contribution in [2.45, 2.75) is 109 Å². The molecule has 5 heteroatoms. The molecular formula is C23H46O3Si2. The molecule has 0 amide bonds. The molecule has 164 valence electrons. The first-order valence-electron chi connectivity index (χ1n) is 10.6. The highest BCUT2D eigenvalue weighted by atomic mass is 28.4. The summed E-state index contributed by atoms with van der Waals surface area (Å²) >= 11 is 0. The van der Waals surface area contributed by atoms with Crippen molar-refractivity contribution in [2.75, 3.05) is 6.61 Å². The van der Waals surface area contributed by atoms with Gasteiger partial charge in [-0.05, 0) is 49.1 Å². The molecule has 3 nitrogen and oxygen atoms in total. The molecule has 0 saturated carbocycles. The van der Waals surface area contributed by atoms with Crippen molar-refractivity contribution in [1.29, 1.82) is 0 Å². The van der Waals surface area contributed by atoms with E-state index >= 15 is 0 Å². The lowest BCUT2D eigenvalue weighted by Crippen LogP contribution is -2.50. The molecule has 3 atom stereocenters. The van der Waals surface area contributed by atoms with Crippen LogP contribution in [0.15, 0.2) is 12.7 Å². The van der Waals surface area contributed by atoms with Gasteiger partial charge in [-0.3, -0.25) is 0 Å². The zero-order chi connectivity index (χ0) is 22.4. The van der Waals surface area contributed by atoms with Gasteiger partial charge in [-0.2, -0.15) is 0 Å². The average Bonchev–Trinajstić information content (AvgIpc) is 2.51. The van der Waals surface area contributed by atoms with Gasteiger partial charge in [0.2, 0.25) is 0 Å². The predicted octanol–water partition coefficient (Wildman–Crippen LogP) is 6.37. The summed E-state index contributed by atoms with van der Waals surface area (Å²) in [4.78, 5) is 0. The third-order valence-electron chi connectivity index (χ3n) is 6.64. The Balaban J connectivity index is 5.90. The molecule has 0 aliphatic heterocycles. The molecule has 0 radical (unpaired) electrons. The van der Waals surface area contributed by atoms with Crippen molar-refractivity contribution in [1.82, 2.24) is 0 Å². The fourth-order valence-corrected chi connectivity index (χ4v) is 5.34. The van der Waals surface area contributed by atoms with Crippen LogP contribution < -0.4 is 0 Å². The predicted molar refractivity (Wildman–Crippen MR) is 128 cm³/mol. The van der Waals surface area contributed by atoms with E-state index in [1.807, 2.05) is 6.08 Å². The molecule has 0 aromatic heterocycles. The van der Waals surface area contributed by atoms with Crippen LogP contribution >= 0.6 is 0 Å². The van der Waals surface area contributed by atoms with Crippen LogP contribution in [-0.2, 0) is 8.85 Å². The molecule has 0 aromatic carbocycles. The Labute approximate surface area is 177 Å². The molecule has 28 heavy (non-hydrogen) atoms. The minimum absolute atomic E-state index is 0.0870. The SMILES string of the molecule is C#CC[C@@H](O[Si](C)(C)C(C)(C)C)[C@@H](CCCO)[C@H](C=C)O[Si](C)(C)C(C)(C)C. The van der Waals surface area contributed by atoms with Crippen molar-refractivity contribution in [2.24, 2.45) is 5.92 Å². The lowest BCUT2D eigenvalue weighted by Gasteiger charge is -2.45. The zero-order valence-electron chi connectivity index (χ0n) is 20.2. The summed E-state index contributed by atoms with van der Waals surface area (Å²) in [5.41, 5.74) is 0. The van der Waals surface area contributed by atoms with E-state index in [0.29, 0.717) is 12.8 Å². The summed E-state index contributed by atoms with van der Waals surface area (Å²) in [6, 6.07) is 0. The molecular weight excluding hydrogens is 380 g/mol. The van der Waals surface area contributed by atoms with Gasteiger partial charge in [-0.15, -0.1) is 18.9 Å². The minimum Gasteiger partial charge on any atom is -0.413 e. The quantitative estimate of drug-likeness (QED) is 0.237. The summed E-state index contributed by atoms with van der Waals surface area (Å²) in [7, 11) is -3.98. The molecule has 0 unspecified atom stereocenters. The van der Waals surface area contributed by atoms with Gasteiger partial charge < -0.3 is 14.0 Å². The number of hydrogen-bond acceptors (Lipinski definition) is 3. The van der Waals surface area contributed by atoms with Gasteiger partial charge in [0, 0.05) is 18.9 Å². The van der Waals surface area contributed by atoms with Gasteiger partial charge in [0.1, 0.15) is 0 Å². The Morgan fingerprint density at radius 1 is 1.00 bits per heavy atom. The Morgan fingerprint density at radius 2 is 1.46 bits per heavy atom. The van der Waals surface area contributed by atoms with Crippen molar-refractivity contribution < 1.29 is 14.0 Å². The highest BCUT2D eigenvalue weighted by Crippen LogP contribution is 2.42. The van der Waals surface area contributed by atoms with E-state index < -0.39 is 16.6 Å². The Bertz CT molecular complexity index is 521. The molecule has 0 spiro atoms. The Hall–Kier alpha value is -0.386. The summed E-state index contributed by atoms with van der Waals surface area (Å²) in [6.07, 6.45) is 9.50. The van der Waals surface area contributed by atoms with Crippen LogP contribution in [0, 0.1) is 18.3 Å². The first-order chi connectivity index (χ1) is 12.5. The van der Waals surface area contributed by atoms with Gasteiger partial charge in [-0.1, -0.05) is 47.6 Å². The number of aliphatic hydroxyl groups is 1. The highest BCUT2D eigenvalue weighted by Gasteiger charge is 2.44. The van der Waals surface area contributed by atoms with Crippen molar-refractivity contribution >= 4 is 16.6 Å². The van der Waals surface area contributed by atoms with Crippen LogP contribution in [0.3, 0.4) is 0 Å². The van der Waals surface area contributed by atoms with Crippen LogP contribution in [-0.4, -0.2) is 40.6 Å². The third kappa shape index (κ3) is 7.80. The second-order valence-electron chi connectivity index (χ2n) is 10.9. The van der Waals surface area contributed by atoms with Gasteiger partial charge in [-0.25, -0.2) is 0 Å². The second-order valence-corrected chi connectivity index (χ2v) is 20.4. The first-order valence-corrected chi connectivity index (χ1v) is 16.4. The van der Waals surface area contributed by atoms with E-state index in [-0.39, 0.29) is 34.8 Å². The van der Waals surface area contributed by atoms with Gasteiger partial charge in [0.15, 0.2) is 16.6 Å². The second kappa shape index (κ2) is 10.6. The molecule has 0 aliphatic carbocycles. The highest BCUT2D eigenvalue weighted by molar-refractivity contribution is 6.74.